The monoisotopic (exact) mass is 422 g/mol. The zero-order valence-corrected chi connectivity index (χ0v) is 18.3. The third-order valence-corrected chi connectivity index (χ3v) is 7.29. The first-order valence-corrected chi connectivity index (χ1v) is 11.9. The molecule has 5 nitrogen and oxygen atoms in total. The SMILES string of the molecule is N#Cc1c(NC(=O)CN2CCCN(Cc3ccccc3)CC2)sc2c1CCCCC2. The molecule has 1 aromatic carbocycles. The first-order valence-electron chi connectivity index (χ1n) is 11.1. The lowest BCUT2D eigenvalue weighted by Crippen LogP contribution is -2.36. The van der Waals surface area contributed by atoms with Gasteiger partial charge in [0.05, 0.1) is 12.1 Å². The van der Waals surface area contributed by atoms with Crippen LogP contribution in [0.25, 0.3) is 0 Å². The molecule has 0 radical (unpaired) electrons. The van der Waals surface area contributed by atoms with Crippen LogP contribution in [-0.4, -0.2) is 48.4 Å². The molecule has 1 aliphatic carbocycles. The second kappa shape index (κ2) is 10.2. The van der Waals surface area contributed by atoms with Crippen LogP contribution < -0.4 is 5.32 Å². The summed E-state index contributed by atoms with van der Waals surface area (Å²) in [6.07, 6.45) is 6.61. The standard InChI is InChI=1S/C24H30N4OS/c25-16-21-20-10-5-2-6-11-22(20)30-24(21)26-23(29)18-28-13-7-12-27(14-15-28)17-19-8-3-1-4-9-19/h1,3-4,8-9H,2,5-7,10-15,17-18H2,(H,26,29). The number of fused-ring (bicyclic) bond motifs is 1. The van der Waals surface area contributed by atoms with Crippen molar-refractivity contribution in [2.75, 3.05) is 38.0 Å². The summed E-state index contributed by atoms with van der Waals surface area (Å²) < 4.78 is 0. The molecule has 30 heavy (non-hydrogen) atoms. The molecule has 0 bridgehead atoms. The zero-order chi connectivity index (χ0) is 20.8. The highest BCUT2D eigenvalue weighted by Gasteiger charge is 2.22. The van der Waals surface area contributed by atoms with Crippen LogP contribution in [0.5, 0.6) is 0 Å². The number of hydrogen-bond acceptors (Lipinski definition) is 5. The van der Waals surface area contributed by atoms with Gasteiger partial charge in [0.25, 0.3) is 0 Å². The van der Waals surface area contributed by atoms with Crippen molar-refractivity contribution in [3.63, 3.8) is 0 Å². The van der Waals surface area contributed by atoms with E-state index in [1.807, 2.05) is 0 Å². The quantitative estimate of drug-likeness (QED) is 0.739. The topological polar surface area (TPSA) is 59.4 Å². The number of amides is 1. The van der Waals surface area contributed by atoms with Gasteiger partial charge < -0.3 is 5.32 Å². The van der Waals surface area contributed by atoms with Gasteiger partial charge >= 0.3 is 0 Å². The molecular formula is C24H30N4OS. The Kier molecular flexibility index (Phi) is 7.16. The lowest BCUT2D eigenvalue weighted by molar-refractivity contribution is -0.117. The van der Waals surface area contributed by atoms with E-state index in [1.165, 1.54) is 28.8 Å². The van der Waals surface area contributed by atoms with Crippen molar-refractivity contribution in [1.29, 1.82) is 5.26 Å². The predicted molar refractivity (Wildman–Crippen MR) is 122 cm³/mol. The smallest absolute Gasteiger partial charge is 0.239 e. The maximum absolute atomic E-state index is 12.7. The third-order valence-electron chi connectivity index (χ3n) is 6.08. The molecule has 158 valence electrons. The van der Waals surface area contributed by atoms with Crippen molar-refractivity contribution in [2.45, 2.75) is 45.1 Å². The van der Waals surface area contributed by atoms with Crippen molar-refractivity contribution >= 4 is 22.2 Å². The molecule has 0 saturated carbocycles. The number of thiophene rings is 1. The molecule has 1 aliphatic heterocycles. The van der Waals surface area contributed by atoms with E-state index in [2.05, 4.69) is 51.5 Å². The molecule has 0 spiro atoms. The number of anilines is 1. The Morgan fingerprint density at radius 2 is 1.77 bits per heavy atom. The summed E-state index contributed by atoms with van der Waals surface area (Å²) in [5.74, 6) is -0.000538. The number of nitriles is 1. The van der Waals surface area contributed by atoms with E-state index < -0.39 is 0 Å². The summed E-state index contributed by atoms with van der Waals surface area (Å²) in [5.41, 5.74) is 3.22. The minimum atomic E-state index is -0.000538. The number of benzene rings is 1. The Morgan fingerprint density at radius 3 is 2.60 bits per heavy atom. The van der Waals surface area contributed by atoms with E-state index in [1.54, 1.807) is 11.3 Å². The molecule has 6 heteroatoms. The van der Waals surface area contributed by atoms with E-state index >= 15 is 0 Å². The largest absolute Gasteiger partial charge is 0.315 e. The van der Waals surface area contributed by atoms with Crippen LogP contribution in [0.4, 0.5) is 5.00 Å². The van der Waals surface area contributed by atoms with Crippen LogP contribution in [0.3, 0.4) is 0 Å². The van der Waals surface area contributed by atoms with Gasteiger partial charge in [-0.05, 0) is 56.3 Å². The average Bonchev–Trinajstić information content (AvgIpc) is 2.91. The number of rotatable bonds is 5. The molecule has 1 fully saturated rings. The van der Waals surface area contributed by atoms with E-state index in [0.29, 0.717) is 12.1 Å². The summed E-state index contributed by atoms with van der Waals surface area (Å²) in [5, 5.41) is 13.5. The van der Waals surface area contributed by atoms with Gasteiger partial charge in [0.2, 0.25) is 5.91 Å². The fourth-order valence-corrected chi connectivity index (χ4v) is 5.76. The fraction of sp³-hybridized carbons (Fsp3) is 0.500. The summed E-state index contributed by atoms with van der Waals surface area (Å²) in [6.45, 7) is 5.22. The van der Waals surface area contributed by atoms with E-state index in [0.717, 1.165) is 63.4 Å². The van der Waals surface area contributed by atoms with Gasteiger partial charge in [-0.15, -0.1) is 11.3 Å². The van der Waals surface area contributed by atoms with Crippen molar-refractivity contribution in [2.24, 2.45) is 0 Å². The normalized spacial score (nSPS) is 18.1. The van der Waals surface area contributed by atoms with Gasteiger partial charge in [0, 0.05) is 24.5 Å². The Balaban J connectivity index is 1.32. The molecule has 0 atom stereocenters. The fourth-order valence-electron chi connectivity index (χ4n) is 4.50. The number of hydrogen-bond donors (Lipinski definition) is 1. The highest BCUT2D eigenvalue weighted by molar-refractivity contribution is 7.16. The van der Waals surface area contributed by atoms with Crippen molar-refractivity contribution in [1.82, 2.24) is 9.80 Å². The summed E-state index contributed by atoms with van der Waals surface area (Å²) >= 11 is 1.61. The predicted octanol–water partition coefficient (Wildman–Crippen LogP) is 4.04. The van der Waals surface area contributed by atoms with Crippen molar-refractivity contribution in [3.8, 4) is 6.07 Å². The Morgan fingerprint density at radius 1 is 1.00 bits per heavy atom. The minimum Gasteiger partial charge on any atom is -0.315 e. The van der Waals surface area contributed by atoms with Crippen LogP contribution in [0.1, 0.15) is 47.3 Å². The maximum atomic E-state index is 12.7. The van der Waals surface area contributed by atoms with Crippen LogP contribution >= 0.6 is 11.3 Å². The molecule has 2 aromatic rings. The lowest BCUT2D eigenvalue weighted by atomic mass is 10.1. The molecule has 0 unspecified atom stereocenters. The van der Waals surface area contributed by atoms with Gasteiger partial charge in [-0.3, -0.25) is 14.6 Å². The number of aryl methyl sites for hydroxylation is 1. The van der Waals surface area contributed by atoms with Crippen LogP contribution in [0, 0.1) is 11.3 Å². The number of carbonyl (C=O) groups is 1. The Bertz CT molecular complexity index is 902. The van der Waals surface area contributed by atoms with Gasteiger partial charge in [-0.2, -0.15) is 5.26 Å². The molecule has 1 N–H and O–H groups in total. The molecule has 1 amide bonds. The molecule has 4 rings (SSSR count). The van der Waals surface area contributed by atoms with E-state index in [9.17, 15) is 10.1 Å². The van der Waals surface area contributed by atoms with Crippen molar-refractivity contribution < 1.29 is 4.79 Å². The molecule has 2 heterocycles. The van der Waals surface area contributed by atoms with Gasteiger partial charge in [0.1, 0.15) is 11.1 Å². The summed E-state index contributed by atoms with van der Waals surface area (Å²) in [7, 11) is 0. The second-order valence-electron chi connectivity index (χ2n) is 8.32. The summed E-state index contributed by atoms with van der Waals surface area (Å²) in [6, 6.07) is 12.9. The molecule has 1 aromatic heterocycles. The van der Waals surface area contributed by atoms with Gasteiger partial charge in [-0.1, -0.05) is 36.8 Å². The first-order chi connectivity index (χ1) is 14.7. The second-order valence-corrected chi connectivity index (χ2v) is 9.43. The molecule has 2 aliphatic rings. The zero-order valence-electron chi connectivity index (χ0n) is 17.5. The Labute approximate surface area is 183 Å². The number of carbonyl (C=O) groups excluding carboxylic acids is 1. The van der Waals surface area contributed by atoms with Gasteiger partial charge in [-0.25, -0.2) is 0 Å². The first kappa shape index (κ1) is 21.0. The molecule has 1 saturated heterocycles. The number of nitrogens with zero attached hydrogens (tertiary/aromatic N) is 3. The number of nitrogens with one attached hydrogen (secondary N) is 1. The van der Waals surface area contributed by atoms with Crippen molar-refractivity contribution in [3.05, 3.63) is 51.9 Å². The van der Waals surface area contributed by atoms with Crippen LogP contribution in [0.2, 0.25) is 0 Å². The van der Waals surface area contributed by atoms with E-state index in [-0.39, 0.29) is 5.91 Å². The van der Waals surface area contributed by atoms with E-state index in [4.69, 9.17) is 0 Å². The highest BCUT2D eigenvalue weighted by atomic mass is 32.1. The van der Waals surface area contributed by atoms with Crippen LogP contribution in [-0.2, 0) is 24.2 Å². The van der Waals surface area contributed by atoms with Crippen LogP contribution in [0.15, 0.2) is 30.3 Å². The molecular weight excluding hydrogens is 392 g/mol. The highest BCUT2D eigenvalue weighted by Crippen LogP contribution is 2.36. The third kappa shape index (κ3) is 5.28. The van der Waals surface area contributed by atoms with Gasteiger partial charge in [0.15, 0.2) is 0 Å². The average molecular weight is 423 g/mol. The maximum Gasteiger partial charge on any atom is 0.239 e. The minimum absolute atomic E-state index is 0.000538. The summed E-state index contributed by atoms with van der Waals surface area (Å²) in [4.78, 5) is 18.8. The lowest BCUT2D eigenvalue weighted by Gasteiger charge is -2.21. The Hall–Kier alpha value is -2.20.